The van der Waals surface area contributed by atoms with Crippen LogP contribution in [0.2, 0.25) is 0 Å². The molecule has 77 heavy (non-hydrogen) atoms. The summed E-state index contributed by atoms with van der Waals surface area (Å²) >= 11 is 0. The fourth-order valence-electron chi connectivity index (χ4n) is 11.9. The van der Waals surface area contributed by atoms with Crippen LogP contribution in [-0.2, 0) is 63.4 Å². The zero-order valence-corrected chi connectivity index (χ0v) is 44.7. The van der Waals surface area contributed by atoms with Gasteiger partial charge in [0, 0.05) is 56.4 Å². The summed E-state index contributed by atoms with van der Waals surface area (Å²) in [6.07, 6.45) is -20.3. The van der Waals surface area contributed by atoms with Crippen molar-refractivity contribution in [1.29, 1.82) is 0 Å². The van der Waals surface area contributed by atoms with Gasteiger partial charge in [0.25, 0.3) is 0 Å². The Morgan fingerprint density at radius 1 is 0.714 bits per heavy atom. The van der Waals surface area contributed by atoms with E-state index in [1.54, 1.807) is 34.6 Å². The van der Waals surface area contributed by atoms with Crippen LogP contribution >= 0.6 is 0 Å². The third-order valence-electron chi connectivity index (χ3n) is 16.7. The number of aliphatic hydroxyl groups excluding tert-OH is 6. The lowest BCUT2D eigenvalue weighted by molar-refractivity contribution is -0.314. The molecule has 7 aliphatic rings. The van der Waals surface area contributed by atoms with Crippen LogP contribution in [0.1, 0.15) is 115 Å². The minimum atomic E-state index is -1.76. The first-order chi connectivity index (χ1) is 36.2. The number of fused-ring (bicyclic) bond motifs is 3. The highest BCUT2D eigenvalue weighted by atomic mass is 16.7. The van der Waals surface area contributed by atoms with Gasteiger partial charge in [-0.25, -0.2) is 0 Å². The lowest BCUT2D eigenvalue weighted by Gasteiger charge is -2.45. The molecule has 0 spiro atoms. The summed E-state index contributed by atoms with van der Waals surface area (Å²) in [6, 6.07) is 3.04. The molecular weight excluding hydrogens is 1020 g/mol. The molecule has 25 atom stereocenters. The molecule has 23 nitrogen and oxygen atoms in total. The van der Waals surface area contributed by atoms with Crippen molar-refractivity contribution in [3.05, 3.63) is 28.8 Å². The molecule has 2 aromatic carbocycles. The molecular formula is C54H76O23. The second-order valence-electron chi connectivity index (χ2n) is 22.7. The summed E-state index contributed by atoms with van der Waals surface area (Å²) in [4.78, 5) is 41.1. The highest BCUT2D eigenvalue weighted by Gasteiger charge is 2.55. The first-order valence-electron chi connectivity index (χ1n) is 26.8. The average Bonchev–Trinajstić information content (AvgIpc) is 4.16. The van der Waals surface area contributed by atoms with E-state index in [-0.39, 0.29) is 83.8 Å². The summed E-state index contributed by atoms with van der Waals surface area (Å²) in [6.45, 7) is 13.7. The number of hydrogen-bond donors (Lipinski definition) is 9. The van der Waals surface area contributed by atoms with E-state index in [0.717, 1.165) is 0 Å². The van der Waals surface area contributed by atoms with Crippen LogP contribution in [0.3, 0.4) is 0 Å². The number of ketones is 2. The van der Waals surface area contributed by atoms with Crippen molar-refractivity contribution < 1.29 is 112 Å². The lowest BCUT2D eigenvalue weighted by Crippen LogP contribution is -2.57. The molecule has 9 rings (SSSR count). The largest absolute Gasteiger partial charge is 0.507 e. The molecule has 1 saturated carbocycles. The first kappa shape index (κ1) is 57.9. The number of esters is 1. The highest BCUT2D eigenvalue weighted by molar-refractivity contribution is 6.12. The van der Waals surface area contributed by atoms with E-state index >= 15 is 0 Å². The fourth-order valence-corrected chi connectivity index (χ4v) is 11.9. The predicted octanol–water partition coefficient (Wildman–Crippen LogP) is 1.58. The van der Waals surface area contributed by atoms with E-state index in [0.29, 0.717) is 6.42 Å². The Balaban J connectivity index is 0.931. The Hall–Kier alpha value is -3.73. The van der Waals surface area contributed by atoms with Crippen molar-refractivity contribution in [2.75, 3.05) is 0 Å². The predicted molar refractivity (Wildman–Crippen MR) is 263 cm³/mol. The molecule has 0 aromatic heterocycles. The van der Waals surface area contributed by atoms with Gasteiger partial charge in [0.1, 0.15) is 53.4 Å². The zero-order chi connectivity index (χ0) is 55.8. The maximum absolute atomic E-state index is 14.9. The molecule has 5 aliphatic heterocycles. The van der Waals surface area contributed by atoms with E-state index < -0.39 is 169 Å². The number of ether oxygens (including phenoxy) is 11. The number of aliphatic hydroxyl groups is 7. The smallest absolute Gasteiger partial charge is 0.303 e. The molecule has 2 aliphatic carbocycles. The summed E-state index contributed by atoms with van der Waals surface area (Å²) in [5.74, 6) is -5.53. The molecule has 0 bridgehead atoms. The summed E-state index contributed by atoms with van der Waals surface area (Å²) in [5.41, 5.74) is -1.36. The number of carbonyl (C=O) groups excluding carboxylic acids is 3. The van der Waals surface area contributed by atoms with E-state index in [4.69, 9.17) is 52.1 Å². The topological polar surface area (TPSA) is 335 Å². The minimum Gasteiger partial charge on any atom is -0.507 e. The fraction of sp³-hybridized carbons (Fsp3) is 0.759. The molecule has 2 aromatic rings. The molecule has 0 amide bonds. The van der Waals surface area contributed by atoms with E-state index in [2.05, 4.69) is 0 Å². The van der Waals surface area contributed by atoms with Crippen molar-refractivity contribution in [3.63, 3.8) is 0 Å². The third kappa shape index (κ3) is 11.9. The quantitative estimate of drug-likeness (QED) is 0.114. The van der Waals surface area contributed by atoms with Gasteiger partial charge in [0.15, 0.2) is 42.8 Å². The maximum atomic E-state index is 14.9. The van der Waals surface area contributed by atoms with Gasteiger partial charge in [-0.2, -0.15) is 0 Å². The van der Waals surface area contributed by atoms with Gasteiger partial charge in [-0.1, -0.05) is 6.92 Å². The van der Waals surface area contributed by atoms with Crippen LogP contribution in [0.15, 0.2) is 12.1 Å². The second kappa shape index (κ2) is 22.7. The van der Waals surface area contributed by atoms with Gasteiger partial charge < -0.3 is 98.1 Å². The number of phenols is 2. The normalized spacial score (nSPS) is 42.4. The van der Waals surface area contributed by atoms with E-state index in [1.807, 2.05) is 0 Å². The van der Waals surface area contributed by atoms with Crippen LogP contribution in [0.5, 0.6) is 17.2 Å². The third-order valence-corrected chi connectivity index (χ3v) is 16.7. The first-order valence-corrected chi connectivity index (χ1v) is 26.8. The van der Waals surface area contributed by atoms with Crippen molar-refractivity contribution in [2.24, 2.45) is 17.8 Å². The van der Waals surface area contributed by atoms with Crippen molar-refractivity contribution in [3.8, 4) is 17.2 Å². The molecule has 430 valence electrons. The van der Waals surface area contributed by atoms with Crippen LogP contribution in [0.25, 0.3) is 10.8 Å². The van der Waals surface area contributed by atoms with E-state index in [9.17, 15) is 60.3 Å². The molecule has 5 saturated heterocycles. The highest BCUT2D eigenvalue weighted by Crippen LogP contribution is 2.49. The molecule has 9 N–H and O–H groups in total. The van der Waals surface area contributed by atoms with Gasteiger partial charge >= 0.3 is 5.97 Å². The Labute approximate surface area is 445 Å². The van der Waals surface area contributed by atoms with Gasteiger partial charge in [0.05, 0.1) is 77.9 Å². The lowest BCUT2D eigenvalue weighted by atomic mass is 9.74. The summed E-state index contributed by atoms with van der Waals surface area (Å²) < 4.78 is 67.1. The molecule has 6 fully saturated rings. The Bertz CT molecular complexity index is 2470. The van der Waals surface area contributed by atoms with E-state index in [1.165, 1.54) is 39.8 Å². The van der Waals surface area contributed by atoms with Crippen molar-refractivity contribution in [1.82, 2.24) is 0 Å². The Morgan fingerprint density at radius 2 is 1.27 bits per heavy atom. The van der Waals surface area contributed by atoms with Gasteiger partial charge in [-0.05, 0) is 84.4 Å². The van der Waals surface area contributed by atoms with Crippen LogP contribution in [-0.4, -0.2) is 198 Å². The average molecular weight is 1090 g/mol. The number of benzene rings is 2. The van der Waals surface area contributed by atoms with Crippen LogP contribution < -0.4 is 4.74 Å². The van der Waals surface area contributed by atoms with Crippen LogP contribution in [0, 0.1) is 24.7 Å². The number of Topliss-reactive ketones (excluding diaryl/α,β-unsaturated/α-hetero) is 2. The molecule has 25 unspecified atom stereocenters. The summed E-state index contributed by atoms with van der Waals surface area (Å²) in [7, 11) is 0. The minimum absolute atomic E-state index is 0.0162. The number of aromatic hydroxyl groups is 2. The molecule has 0 radical (unpaired) electrons. The van der Waals surface area contributed by atoms with Crippen LogP contribution in [0.4, 0.5) is 0 Å². The standard InChI is InChI=1S/C54H76O23/c1-19(21(3)55)45(59)49(63)30-11-27-10-28-12-32(72-38-16-35(47(61)23(5)68-38)75-37-14-31(57)46(60)22(4)67-37)20(2)44(58)42(28)50(64)43(27)51(65)52(30)77-39-17-36(48(62)24(6)69-39)76-40-15-34(29-13-33(29)73-40)74-41-18-54(9,66)53(25(7)70-41)71-26(8)56/h10,12,19,21-25,29-31,33-41,45-48,52-53,55,57-62,64,66H,11,13-18H2,1-9H3. The molecule has 23 heteroatoms. The molecule has 5 heterocycles. The maximum Gasteiger partial charge on any atom is 0.303 e. The summed E-state index contributed by atoms with van der Waals surface area (Å²) in [5, 5.41) is 99.9. The zero-order valence-electron chi connectivity index (χ0n) is 44.7. The number of hydrogen-bond acceptors (Lipinski definition) is 23. The monoisotopic (exact) mass is 1090 g/mol. The Kier molecular flexibility index (Phi) is 17.1. The number of phenolic OH excluding ortho intramolecular Hbond substituents is 2. The SMILES string of the molecule is CC(=O)OC1C(C)OC(OC2CC(OC3CC(OC4C(=O)c5c(cc6cc(OC7CC(OC8CC(O)C(O)C(C)O8)C(O)C(C)O7)c(C)c(O)c6c5O)CC4C(=O)C(O)C(C)C(C)O)OC(C)C3O)OC3CC23)CC1(C)O. The van der Waals surface area contributed by atoms with Gasteiger partial charge in [0.2, 0.25) is 6.29 Å². The van der Waals surface area contributed by atoms with Gasteiger partial charge in [-0.3, -0.25) is 14.4 Å². The van der Waals surface area contributed by atoms with Crippen molar-refractivity contribution >= 4 is 28.3 Å². The second-order valence-corrected chi connectivity index (χ2v) is 22.7. The van der Waals surface area contributed by atoms with Crippen molar-refractivity contribution in [2.45, 2.75) is 242 Å². The number of rotatable bonds is 15. The Morgan fingerprint density at radius 3 is 1.88 bits per heavy atom. The number of carbonyl (C=O) groups is 3. The van der Waals surface area contributed by atoms with Gasteiger partial charge in [-0.15, -0.1) is 0 Å².